The Morgan fingerprint density at radius 2 is 1.83 bits per heavy atom. The first-order chi connectivity index (χ1) is 8.56. The number of hydrogen-bond acceptors (Lipinski definition) is 3. The molecule has 1 aromatic heterocycles. The van der Waals surface area contributed by atoms with E-state index in [-0.39, 0.29) is 0 Å². The molecule has 96 valence electrons. The maximum Gasteiger partial charge on any atom is 0.148 e. The summed E-state index contributed by atoms with van der Waals surface area (Å²) in [5.74, 6) is 1.72. The lowest BCUT2D eigenvalue weighted by atomic mass is 10.2. The minimum atomic E-state index is 0.505. The van der Waals surface area contributed by atoms with Crippen molar-refractivity contribution in [3.8, 4) is 5.69 Å². The molecular formula is C14H20N4. The third-order valence-electron chi connectivity index (χ3n) is 2.77. The molecule has 2 rings (SSSR count). The third kappa shape index (κ3) is 2.96. The van der Waals surface area contributed by atoms with Gasteiger partial charge in [-0.3, -0.25) is 0 Å². The van der Waals surface area contributed by atoms with Crippen molar-refractivity contribution >= 4 is 0 Å². The van der Waals surface area contributed by atoms with Crippen molar-refractivity contribution in [1.29, 1.82) is 0 Å². The van der Waals surface area contributed by atoms with Gasteiger partial charge in [0.05, 0.1) is 5.69 Å². The maximum atomic E-state index is 4.37. The van der Waals surface area contributed by atoms with Crippen LogP contribution in [0.5, 0.6) is 0 Å². The molecule has 1 N–H and O–H groups in total. The summed E-state index contributed by atoms with van der Waals surface area (Å²) in [6.07, 6.45) is 0. The normalized spacial score (nSPS) is 11.2. The molecule has 0 aliphatic rings. The molecule has 2 aromatic rings. The van der Waals surface area contributed by atoms with Crippen LogP contribution in [0.1, 0.15) is 31.1 Å². The van der Waals surface area contributed by atoms with E-state index in [2.05, 4.69) is 53.5 Å². The largest absolute Gasteiger partial charge is 0.310 e. The zero-order chi connectivity index (χ0) is 13.1. The highest BCUT2D eigenvalue weighted by Crippen LogP contribution is 2.11. The van der Waals surface area contributed by atoms with Crippen LogP contribution in [0.4, 0.5) is 0 Å². The average Bonchev–Trinajstić information content (AvgIpc) is 2.66. The lowest BCUT2D eigenvalue weighted by molar-refractivity contribution is 0.589. The summed E-state index contributed by atoms with van der Waals surface area (Å²) in [5.41, 5.74) is 2.34. The van der Waals surface area contributed by atoms with Crippen molar-refractivity contribution in [2.45, 2.75) is 40.3 Å². The van der Waals surface area contributed by atoms with Crippen LogP contribution in [0.3, 0.4) is 0 Å². The van der Waals surface area contributed by atoms with E-state index in [4.69, 9.17) is 0 Å². The molecule has 0 fully saturated rings. The van der Waals surface area contributed by atoms with Crippen LogP contribution >= 0.6 is 0 Å². The minimum Gasteiger partial charge on any atom is -0.310 e. The van der Waals surface area contributed by atoms with Gasteiger partial charge >= 0.3 is 0 Å². The molecule has 0 atom stereocenters. The second kappa shape index (κ2) is 5.31. The molecule has 0 saturated carbocycles. The van der Waals surface area contributed by atoms with Crippen molar-refractivity contribution in [2.75, 3.05) is 0 Å². The summed E-state index contributed by atoms with van der Waals surface area (Å²) in [7, 11) is 0. The van der Waals surface area contributed by atoms with Crippen molar-refractivity contribution < 1.29 is 0 Å². The molecule has 0 saturated heterocycles. The summed E-state index contributed by atoms with van der Waals surface area (Å²) in [6, 6.07) is 8.92. The van der Waals surface area contributed by atoms with E-state index < -0.39 is 0 Å². The van der Waals surface area contributed by atoms with Gasteiger partial charge in [0.15, 0.2) is 0 Å². The van der Waals surface area contributed by atoms with Gasteiger partial charge in [-0.1, -0.05) is 26.0 Å². The second-order valence-electron chi connectivity index (χ2n) is 4.82. The standard InChI is InChI=1S/C14H20N4/c1-10(2)15-9-13-5-7-14(8-6-13)18-12(4)16-11(3)17-18/h5-8,10,15H,9H2,1-4H3. The van der Waals surface area contributed by atoms with Gasteiger partial charge in [-0.25, -0.2) is 9.67 Å². The van der Waals surface area contributed by atoms with Gasteiger partial charge in [-0.05, 0) is 31.5 Å². The van der Waals surface area contributed by atoms with Crippen LogP contribution in [0.15, 0.2) is 24.3 Å². The van der Waals surface area contributed by atoms with Gasteiger partial charge < -0.3 is 5.32 Å². The van der Waals surface area contributed by atoms with Crippen molar-refractivity contribution in [1.82, 2.24) is 20.1 Å². The third-order valence-corrected chi connectivity index (χ3v) is 2.77. The Labute approximate surface area is 108 Å². The zero-order valence-corrected chi connectivity index (χ0v) is 11.4. The smallest absolute Gasteiger partial charge is 0.148 e. The molecule has 1 heterocycles. The fourth-order valence-electron chi connectivity index (χ4n) is 1.84. The molecule has 18 heavy (non-hydrogen) atoms. The van der Waals surface area contributed by atoms with Gasteiger partial charge in [-0.15, -0.1) is 0 Å². The van der Waals surface area contributed by atoms with E-state index in [1.165, 1.54) is 5.56 Å². The number of benzene rings is 1. The number of aromatic nitrogens is 3. The number of rotatable bonds is 4. The molecule has 0 aliphatic carbocycles. The molecule has 0 spiro atoms. The molecule has 0 unspecified atom stereocenters. The van der Waals surface area contributed by atoms with Crippen molar-refractivity contribution in [3.63, 3.8) is 0 Å². The van der Waals surface area contributed by atoms with Crippen molar-refractivity contribution in [2.24, 2.45) is 0 Å². The minimum absolute atomic E-state index is 0.505. The predicted molar refractivity (Wildman–Crippen MR) is 72.8 cm³/mol. The van der Waals surface area contributed by atoms with Gasteiger partial charge in [0, 0.05) is 12.6 Å². The van der Waals surface area contributed by atoms with Crippen LogP contribution in [0.25, 0.3) is 5.69 Å². The van der Waals surface area contributed by atoms with Gasteiger partial charge in [0.2, 0.25) is 0 Å². The molecule has 0 amide bonds. The highest BCUT2D eigenvalue weighted by atomic mass is 15.3. The van der Waals surface area contributed by atoms with Crippen molar-refractivity contribution in [3.05, 3.63) is 41.5 Å². The fourth-order valence-corrected chi connectivity index (χ4v) is 1.84. The Bertz CT molecular complexity index is 511. The molecule has 4 nitrogen and oxygen atoms in total. The van der Waals surface area contributed by atoms with Crippen LogP contribution in [0.2, 0.25) is 0 Å². The lowest BCUT2D eigenvalue weighted by Gasteiger charge is -2.09. The quantitative estimate of drug-likeness (QED) is 0.898. The number of aryl methyl sites for hydroxylation is 2. The summed E-state index contributed by atoms with van der Waals surface area (Å²) < 4.78 is 1.87. The van der Waals surface area contributed by atoms with E-state index in [1.54, 1.807) is 0 Å². The van der Waals surface area contributed by atoms with Gasteiger partial charge in [0.1, 0.15) is 11.6 Å². The Hall–Kier alpha value is -1.68. The van der Waals surface area contributed by atoms with Crippen LogP contribution in [-0.2, 0) is 6.54 Å². The molecule has 4 heteroatoms. The number of nitrogens with zero attached hydrogens (tertiary/aromatic N) is 3. The van der Waals surface area contributed by atoms with E-state index in [1.807, 2.05) is 18.5 Å². The first kappa shape index (κ1) is 12.8. The molecule has 1 aromatic carbocycles. The summed E-state index contributed by atoms with van der Waals surface area (Å²) in [6.45, 7) is 9.07. The Morgan fingerprint density at radius 1 is 1.17 bits per heavy atom. The molecule has 0 radical (unpaired) electrons. The molecule has 0 aliphatic heterocycles. The molecule has 0 bridgehead atoms. The average molecular weight is 244 g/mol. The highest BCUT2D eigenvalue weighted by Gasteiger charge is 2.04. The van der Waals surface area contributed by atoms with Crippen LogP contribution in [-0.4, -0.2) is 20.8 Å². The van der Waals surface area contributed by atoms with E-state index >= 15 is 0 Å². The van der Waals surface area contributed by atoms with Crippen LogP contribution < -0.4 is 5.32 Å². The first-order valence-electron chi connectivity index (χ1n) is 6.29. The first-order valence-corrected chi connectivity index (χ1v) is 6.29. The Balaban J connectivity index is 2.15. The maximum absolute atomic E-state index is 4.37. The van der Waals surface area contributed by atoms with Crippen LogP contribution in [0, 0.1) is 13.8 Å². The predicted octanol–water partition coefficient (Wildman–Crippen LogP) is 2.38. The number of nitrogens with one attached hydrogen (secondary N) is 1. The van der Waals surface area contributed by atoms with Gasteiger partial charge in [0.25, 0.3) is 0 Å². The fraction of sp³-hybridized carbons (Fsp3) is 0.429. The monoisotopic (exact) mass is 244 g/mol. The summed E-state index contributed by atoms with van der Waals surface area (Å²) >= 11 is 0. The second-order valence-corrected chi connectivity index (χ2v) is 4.82. The van der Waals surface area contributed by atoms with E-state index in [0.29, 0.717) is 6.04 Å². The molecular weight excluding hydrogens is 224 g/mol. The van der Waals surface area contributed by atoms with Gasteiger partial charge in [-0.2, -0.15) is 5.10 Å². The Morgan fingerprint density at radius 3 is 2.33 bits per heavy atom. The number of hydrogen-bond donors (Lipinski definition) is 1. The van der Waals surface area contributed by atoms with E-state index in [9.17, 15) is 0 Å². The lowest BCUT2D eigenvalue weighted by Crippen LogP contribution is -2.21. The van der Waals surface area contributed by atoms with E-state index in [0.717, 1.165) is 23.9 Å². The SMILES string of the molecule is Cc1nc(C)n(-c2ccc(CNC(C)C)cc2)n1. The highest BCUT2D eigenvalue weighted by molar-refractivity contribution is 5.34. The topological polar surface area (TPSA) is 42.7 Å². The zero-order valence-electron chi connectivity index (χ0n) is 11.4. The summed E-state index contributed by atoms with van der Waals surface area (Å²) in [4.78, 5) is 4.31. The summed E-state index contributed by atoms with van der Waals surface area (Å²) in [5, 5.41) is 7.78. The Kier molecular flexibility index (Phi) is 3.77.